The normalized spacial score (nSPS) is 13.9. The topological polar surface area (TPSA) is 80.9 Å². The van der Waals surface area contributed by atoms with E-state index in [2.05, 4.69) is 11.2 Å². The van der Waals surface area contributed by atoms with Crippen molar-refractivity contribution in [2.45, 2.75) is 13.5 Å². The van der Waals surface area contributed by atoms with E-state index in [1.165, 1.54) is 0 Å². The van der Waals surface area contributed by atoms with E-state index in [-0.39, 0.29) is 6.61 Å². The highest BCUT2D eigenvalue weighted by atomic mass is 16.7. The Labute approximate surface area is 186 Å². The molecule has 0 spiro atoms. The Kier molecular flexibility index (Phi) is 6.28. The van der Waals surface area contributed by atoms with Crippen molar-refractivity contribution in [3.8, 4) is 17.6 Å². The van der Waals surface area contributed by atoms with Crippen molar-refractivity contribution in [1.29, 1.82) is 5.26 Å². The van der Waals surface area contributed by atoms with Crippen LogP contribution in [0.15, 0.2) is 83.5 Å². The lowest BCUT2D eigenvalue weighted by Gasteiger charge is -2.13. The van der Waals surface area contributed by atoms with Gasteiger partial charge in [-0.15, -0.1) is 0 Å². The molecule has 1 aliphatic heterocycles. The molecule has 1 heterocycles. The van der Waals surface area contributed by atoms with Crippen molar-refractivity contribution >= 4 is 17.8 Å². The molecule has 0 saturated heterocycles. The predicted octanol–water partition coefficient (Wildman–Crippen LogP) is 4.88. The minimum Gasteiger partial charge on any atom is -0.490 e. The summed E-state index contributed by atoms with van der Waals surface area (Å²) in [6.45, 7) is 2.57. The summed E-state index contributed by atoms with van der Waals surface area (Å²) >= 11 is 0. The summed E-state index contributed by atoms with van der Waals surface area (Å²) in [7, 11) is 0. The molecule has 0 N–H and O–H groups in total. The first-order valence-electron chi connectivity index (χ1n) is 10.1. The minimum atomic E-state index is -0.504. The van der Waals surface area contributed by atoms with Crippen molar-refractivity contribution in [1.82, 2.24) is 0 Å². The Morgan fingerprint density at radius 2 is 1.78 bits per heavy atom. The van der Waals surface area contributed by atoms with Crippen molar-refractivity contribution in [3.05, 3.63) is 101 Å². The molecule has 32 heavy (non-hydrogen) atoms. The van der Waals surface area contributed by atoms with Crippen LogP contribution in [0, 0.1) is 11.3 Å². The molecule has 3 aromatic carbocycles. The molecule has 1 aliphatic rings. The third kappa shape index (κ3) is 4.52. The SMILES string of the molecule is CCOc1cc(/C=C2/C(=O)ON=C2c2ccccc2)ccc1OCc1ccccc1C#N. The summed E-state index contributed by atoms with van der Waals surface area (Å²) in [5, 5.41) is 13.2. The van der Waals surface area contributed by atoms with Crippen LogP contribution in [0.2, 0.25) is 0 Å². The molecule has 0 aliphatic carbocycles. The number of hydrogen-bond acceptors (Lipinski definition) is 6. The van der Waals surface area contributed by atoms with Crippen LogP contribution in [0.3, 0.4) is 0 Å². The molecule has 0 aromatic heterocycles. The molecular formula is C26H20N2O4. The first kappa shape index (κ1) is 20.9. The molecule has 6 heteroatoms. The van der Waals surface area contributed by atoms with Crippen molar-refractivity contribution in [3.63, 3.8) is 0 Å². The molecule has 0 atom stereocenters. The maximum atomic E-state index is 12.3. The highest BCUT2D eigenvalue weighted by molar-refractivity contribution is 6.31. The van der Waals surface area contributed by atoms with Crippen LogP contribution in [-0.4, -0.2) is 18.3 Å². The summed E-state index contributed by atoms with van der Waals surface area (Å²) in [5.41, 5.74) is 3.76. The van der Waals surface area contributed by atoms with Crippen LogP contribution in [0.25, 0.3) is 6.08 Å². The molecule has 0 amide bonds. The number of hydrogen-bond donors (Lipinski definition) is 0. The summed E-state index contributed by atoms with van der Waals surface area (Å²) in [4.78, 5) is 17.2. The first-order valence-corrected chi connectivity index (χ1v) is 10.1. The second-order valence-corrected chi connectivity index (χ2v) is 6.94. The first-order chi connectivity index (χ1) is 15.7. The van der Waals surface area contributed by atoms with Gasteiger partial charge in [-0.3, -0.25) is 0 Å². The van der Waals surface area contributed by atoms with Gasteiger partial charge in [-0.2, -0.15) is 5.26 Å². The molecule has 158 valence electrons. The van der Waals surface area contributed by atoms with Crippen molar-refractivity contribution in [2.24, 2.45) is 5.16 Å². The number of nitriles is 1. The molecule has 0 bridgehead atoms. The maximum Gasteiger partial charge on any atom is 0.368 e. The van der Waals surface area contributed by atoms with E-state index in [0.29, 0.717) is 35.0 Å². The number of carbonyl (C=O) groups excluding carboxylic acids is 1. The third-order valence-electron chi connectivity index (χ3n) is 4.84. The van der Waals surface area contributed by atoms with Gasteiger partial charge in [0.1, 0.15) is 12.3 Å². The predicted molar refractivity (Wildman–Crippen MR) is 120 cm³/mol. The molecule has 4 rings (SSSR count). The van der Waals surface area contributed by atoms with Gasteiger partial charge in [0.15, 0.2) is 11.5 Å². The summed E-state index contributed by atoms with van der Waals surface area (Å²) in [6.07, 6.45) is 1.72. The van der Waals surface area contributed by atoms with E-state index in [1.807, 2.05) is 61.5 Å². The van der Waals surface area contributed by atoms with E-state index in [4.69, 9.17) is 14.3 Å². The van der Waals surface area contributed by atoms with Crippen molar-refractivity contribution < 1.29 is 19.1 Å². The Morgan fingerprint density at radius 3 is 2.56 bits per heavy atom. The van der Waals surface area contributed by atoms with Gasteiger partial charge in [0.25, 0.3) is 0 Å². The van der Waals surface area contributed by atoms with E-state index < -0.39 is 5.97 Å². The highest BCUT2D eigenvalue weighted by Crippen LogP contribution is 2.31. The van der Waals surface area contributed by atoms with Gasteiger partial charge in [0.05, 0.1) is 23.8 Å². The standard InChI is InChI=1S/C26H20N2O4/c1-2-30-24-15-18(12-13-23(24)31-17-21-11-7-6-10-20(21)16-27)14-22-25(28-32-26(22)29)19-8-4-3-5-9-19/h3-15H,2,17H2,1H3/b22-14+. The number of oxime groups is 1. The van der Waals surface area contributed by atoms with Gasteiger partial charge in [0, 0.05) is 11.1 Å². The lowest BCUT2D eigenvalue weighted by molar-refractivity contribution is -0.136. The Balaban J connectivity index is 1.61. The van der Waals surface area contributed by atoms with Gasteiger partial charge >= 0.3 is 5.97 Å². The van der Waals surface area contributed by atoms with Crippen LogP contribution in [0.5, 0.6) is 11.5 Å². The molecule has 0 radical (unpaired) electrons. The van der Waals surface area contributed by atoms with Gasteiger partial charge in [-0.25, -0.2) is 4.79 Å². The summed E-state index contributed by atoms with van der Waals surface area (Å²) in [5.74, 6) is 0.587. The molecule has 0 unspecified atom stereocenters. The van der Waals surface area contributed by atoms with E-state index >= 15 is 0 Å². The van der Waals surface area contributed by atoms with E-state index in [0.717, 1.165) is 16.7 Å². The molecule has 0 fully saturated rings. The maximum absolute atomic E-state index is 12.3. The second-order valence-electron chi connectivity index (χ2n) is 6.94. The number of ether oxygens (including phenoxy) is 2. The van der Waals surface area contributed by atoms with E-state index in [9.17, 15) is 10.1 Å². The van der Waals surface area contributed by atoms with Gasteiger partial charge in [-0.05, 0) is 36.8 Å². The monoisotopic (exact) mass is 424 g/mol. The third-order valence-corrected chi connectivity index (χ3v) is 4.84. The highest BCUT2D eigenvalue weighted by Gasteiger charge is 2.26. The second kappa shape index (κ2) is 9.63. The lowest BCUT2D eigenvalue weighted by Crippen LogP contribution is -2.07. The fourth-order valence-electron chi connectivity index (χ4n) is 3.29. The average Bonchev–Trinajstić information content (AvgIpc) is 3.19. The summed E-state index contributed by atoms with van der Waals surface area (Å²) in [6, 6.07) is 24.3. The van der Waals surface area contributed by atoms with Crippen molar-refractivity contribution in [2.75, 3.05) is 6.61 Å². The number of carbonyl (C=O) groups is 1. The van der Waals surface area contributed by atoms with Crippen LogP contribution in [0.1, 0.15) is 29.2 Å². The summed E-state index contributed by atoms with van der Waals surface area (Å²) < 4.78 is 11.7. The van der Waals surface area contributed by atoms with Gasteiger partial charge in [-0.1, -0.05) is 59.8 Å². The molecule has 3 aromatic rings. The number of benzene rings is 3. The van der Waals surface area contributed by atoms with Gasteiger partial charge < -0.3 is 14.3 Å². The number of nitrogens with zero attached hydrogens (tertiary/aromatic N) is 2. The van der Waals surface area contributed by atoms with Crippen LogP contribution < -0.4 is 9.47 Å². The zero-order valence-corrected chi connectivity index (χ0v) is 17.4. The van der Waals surface area contributed by atoms with Crippen LogP contribution in [0.4, 0.5) is 0 Å². The fraction of sp³-hybridized carbons (Fsp3) is 0.115. The average molecular weight is 424 g/mol. The van der Waals surface area contributed by atoms with E-state index in [1.54, 1.807) is 24.3 Å². The Hall–Kier alpha value is -4.37. The molecular weight excluding hydrogens is 404 g/mol. The van der Waals surface area contributed by atoms with Crippen LogP contribution in [-0.2, 0) is 16.2 Å². The largest absolute Gasteiger partial charge is 0.490 e. The fourth-order valence-corrected chi connectivity index (χ4v) is 3.29. The van der Waals surface area contributed by atoms with Gasteiger partial charge in [0.2, 0.25) is 0 Å². The molecule has 6 nitrogen and oxygen atoms in total. The molecule has 0 saturated carbocycles. The lowest BCUT2D eigenvalue weighted by atomic mass is 10.0. The quantitative estimate of drug-likeness (QED) is 0.399. The smallest absolute Gasteiger partial charge is 0.368 e. The minimum absolute atomic E-state index is 0.237. The Bertz CT molecular complexity index is 1240. The Morgan fingerprint density at radius 1 is 1.00 bits per heavy atom. The number of rotatable bonds is 7. The zero-order valence-electron chi connectivity index (χ0n) is 17.4. The van der Waals surface area contributed by atoms with Crippen LogP contribution >= 0.6 is 0 Å². The zero-order chi connectivity index (χ0) is 22.3.